The van der Waals surface area contributed by atoms with Crippen LogP contribution in [0.2, 0.25) is 0 Å². The van der Waals surface area contributed by atoms with Crippen molar-refractivity contribution in [2.45, 2.75) is 25.6 Å². The molecule has 3 rings (SSSR count). The van der Waals surface area contributed by atoms with Gasteiger partial charge in [0.1, 0.15) is 17.5 Å². The minimum absolute atomic E-state index is 0.0908. The van der Waals surface area contributed by atoms with Crippen molar-refractivity contribution in [3.05, 3.63) is 57.8 Å². The molecule has 0 saturated carbocycles. The van der Waals surface area contributed by atoms with Crippen molar-refractivity contribution in [3.63, 3.8) is 0 Å². The summed E-state index contributed by atoms with van der Waals surface area (Å²) in [7, 11) is 1.66. The lowest BCUT2D eigenvalue weighted by atomic mass is 10.2. The van der Waals surface area contributed by atoms with Gasteiger partial charge in [0.05, 0.1) is 12.1 Å². The summed E-state index contributed by atoms with van der Waals surface area (Å²) < 4.78 is 45.0. The van der Waals surface area contributed by atoms with Gasteiger partial charge in [0.25, 0.3) is 11.5 Å². The summed E-state index contributed by atoms with van der Waals surface area (Å²) in [6.07, 6.45) is -3.33. The Labute approximate surface area is 153 Å². The maximum Gasteiger partial charge on any atom is 0.433 e. The molecule has 0 N–H and O–H groups in total. The maximum absolute atomic E-state index is 12.6. The highest BCUT2D eigenvalue weighted by Gasteiger charge is 2.33. The number of aromatic nitrogens is 2. The van der Waals surface area contributed by atoms with Gasteiger partial charge in [-0.1, -0.05) is 0 Å². The predicted octanol–water partition coefficient (Wildman–Crippen LogP) is 2.40. The molecule has 2 aromatic rings. The zero-order valence-corrected chi connectivity index (χ0v) is 14.8. The molecule has 3 heterocycles. The van der Waals surface area contributed by atoms with E-state index in [9.17, 15) is 22.8 Å². The fraction of sp³-hybridized carbons (Fsp3) is 0.389. The maximum atomic E-state index is 12.6. The van der Waals surface area contributed by atoms with Crippen molar-refractivity contribution in [2.24, 2.45) is 7.05 Å². The van der Waals surface area contributed by atoms with Crippen molar-refractivity contribution >= 4 is 5.91 Å². The monoisotopic (exact) mass is 381 g/mol. The number of amides is 1. The van der Waals surface area contributed by atoms with Gasteiger partial charge >= 0.3 is 6.18 Å². The Balaban J connectivity index is 1.65. The highest BCUT2D eigenvalue weighted by Crippen LogP contribution is 2.27. The summed E-state index contributed by atoms with van der Waals surface area (Å²) in [5.74, 6) is 0.0357. The van der Waals surface area contributed by atoms with Crippen LogP contribution >= 0.6 is 0 Å². The zero-order valence-electron chi connectivity index (χ0n) is 14.8. The van der Waals surface area contributed by atoms with Crippen LogP contribution in [0.4, 0.5) is 13.2 Å². The van der Waals surface area contributed by atoms with Gasteiger partial charge in [0, 0.05) is 38.0 Å². The number of ether oxygens (including phenoxy) is 1. The molecule has 0 aliphatic carbocycles. The third-order valence-electron chi connectivity index (χ3n) is 4.51. The number of aryl methyl sites for hydroxylation is 1. The van der Waals surface area contributed by atoms with Crippen molar-refractivity contribution in [3.8, 4) is 5.75 Å². The molecule has 6 nitrogen and oxygen atoms in total. The molecule has 1 unspecified atom stereocenters. The summed E-state index contributed by atoms with van der Waals surface area (Å²) in [5.41, 5.74) is -0.387. The van der Waals surface area contributed by atoms with Crippen LogP contribution in [0.1, 0.15) is 28.2 Å². The van der Waals surface area contributed by atoms with Crippen LogP contribution in [0.25, 0.3) is 0 Å². The Kier molecular flexibility index (Phi) is 4.95. The van der Waals surface area contributed by atoms with Crippen LogP contribution in [0.5, 0.6) is 5.75 Å². The number of carbonyl (C=O) groups is 1. The Hall–Kier alpha value is -2.84. The lowest BCUT2D eigenvalue weighted by Gasteiger charge is -2.18. The summed E-state index contributed by atoms with van der Waals surface area (Å²) in [4.78, 5) is 29.1. The van der Waals surface area contributed by atoms with Gasteiger partial charge in [0.2, 0.25) is 0 Å². The fourth-order valence-corrected chi connectivity index (χ4v) is 2.88. The highest BCUT2D eigenvalue weighted by molar-refractivity contribution is 5.94. The van der Waals surface area contributed by atoms with Gasteiger partial charge in [-0.3, -0.25) is 14.6 Å². The molecule has 27 heavy (non-hydrogen) atoms. The van der Waals surface area contributed by atoms with Crippen molar-refractivity contribution in [1.82, 2.24) is 14.5 Å². The van der Waals surface area contributed by atoms with E-state index in [2.05, 4.69) is 4.98 Å². The molecule has 1 atom stereocenters. The smallest absolute Gasteiger partial charge is 0.433 e. The van der Waals surface area contributed by atoms with Crippen molar-refractivity contribution in [1.29, 1.82) is 0 Å². The number of rotatable bonds is 3. The van der Waals surface area contributed by atoms with E-state index in [0.29, 0.717) is 18.7 Å². The Morgan fingerprint density at radius 2 is 2.04 bits per heavy atom. The van der Waals surface area contributed by atoms with Crippen LogP contribution in [0.3, 0.4) is 0 Å². The molecular weight excluding hydrogens is 363 g/mol. The number of likely N-dealkylation sites (tertiary alicyclic amines) is 1. The first kappa shape index (κ1) is 18.9. The lowest BCUT2D eigenvalue weighted by Crippen LogP contribution is -2.31. The lowest BCUT2D eigenvalue weighted by molar-refractivity contribution is -0.141. The van der Waals surface area contributed by atoms with Crippen LogP contribution in [-0.4, -0.2) is 39.6 Å². The number of nitrogens with zero attached hydrogens (tertiary/aromatic N) is 3. The fourth-order valence-electron chi connectivity index (χ4n) is 2.88. The normalized spacial score (nSPS) is 17.2. The Bertz CT molecular complexity index is 907. The molecule has 1 aliphatic heterocycles. The molecular formula is C18H18F3N3O3. The third kappa shape index (κ3) is 4.12. The average Bonchev–Trinajstić information content (AvgIpc) is 3.06. The van der Waals surface area contributed by atoms with Gasteiger partial charge in [0.15, 0.2) is 0 Å². The van der Waals surface area contributed by atoms with Gasteiger partial charge in [-0.25, -0.2) is 0 Å². The number of pyridine rings is 2. The van der Waals surface area contributed by atoms with Crippen molar-refractivity contribution < 1.29 is 22.7 Å². The molecule has 0 radical (unpaired) electrons. The average molecular weight is 381 g/mol. The molecule has 1 amide bonds. The quantitative estimate of drug-likeness (QED) is 0.819. The summed E-state index contributed by atoms with van der Waals surface area (Å²) in [6, 6.07) is 5.04. The predicted molar refractivity (Wildman–Crippen MR) is 90.6 cm³/mol. The van der Waals surface area contributed by atoms with Gasteiger partial charge in [-0.2, -0.15) is 13.2 Å². The van der Waals surface area contributed by atoms with Crippen LogP contribution in [-0.2, 0) is 13.2 Å². The van der Waals surface area contributed by atoms with Gasteiger partial charge in [-0.05, 0) is 25.1 Å². The second-order valence-corrected chi connectivity index (χ2v) is 6.44. The van der Waals surface area contributed by atoms with E-state index in [4.69, 9.17) is 4.74 Å². The number of alkyl halides is 3. The number of halogens is 3. The Morgan fingerprint density at radius 1 is 1.30 bits per heavy atom. The van der Waals surface area contributed by atoms with E-state index in [1.807, 2.05) is 0 Å². The van der Waals surface area contributed by atoms with Gasteiger partial charge < -0.3 is 14.2 Å². The first-order valence-electron chi connectivity index (χ1n) is 8.32. The second kappa shape index (κ2) is 7.05. The minimum atomic E-state index is -4.54. The molecule has 0 spiro atoms. The number of hydrogen-bond donors (Lipinski definition) is 0. The number of hydrogen-bond acceptors (Lipinski definition) is 4. The van der Waals surface area contributed by atoms with Crippen LogP contribution in [0.15, 0.2) is 35.3 Å². The standard InChI is InChI=1S/C18H18F3N3O3/c1-11-7-14(8-16(25)23(11)2)27-13-5-6-24(10-13)17(26)12-3-4-15(22-9-12)18(19,20)21/h3-4,7-9,13H,5-6,10H2,1-2H3. The Morgan fingerprint density at radius 3 is 2.63 bits per heavy atom. The van der Waals surface area contributed by atoms with Crippen molar-refractivity contribution in [2.75, 3.05) is 13.1 Å². The molecule has 1 saturated heterocycles. The molecule has 9 heteroatoms. The summed E-state index contributed by atoms with van der Waals surface area (Å²) in [6.45, 7) is 2.48. The molecule has 1 fully saturated rings. The third-order valence-corrected chi connectivity index (χ3v) is 4.51. The molecule has 2 aromatic heterocycles. The number of carbonyl (C=O) groups excluding carboxylic acids is 1. The first-order valence-corrected chi connectivity index (χ1v) is 8.32. The highest BCUT2D eigenvalue weighted by atomic mass is 19.4. The van der Waals surface area contributed by atoms with E-state index in [0.717, 1.165) is 24.0 Å². The molecule has 0 aromatic carbocycles. The first-order chi connectivity index (χ1) is 12.6. The minimum Gasteiger partial charge on any atom is -0.488 e. The second-order valence-electron chi connectivity index (χ2n) is 6.44. The molecule has 1 aliphatic rings. The zero-order chi connectivity index (χ0) is 19.8. The van der Waals surface area contributed by atoms with E-state index in [-0.39, 0.29) is 23.8 Å². The largest absolute Gasteiger partial charge is 0.488 e. The van der Waals surface area contributed by atoms with E-state index < -0.39 is 17.8 Å². The molecule has 144 valence electrons. The molecule has 0 bridgehead atoms. The van der Waals surface area contributed by atoms with Gasteiger partial charge in [-0.15, -0.1) is 0 Å². The topological polar surface area (TPSA) is 64.4 Å². The van der Waals surface area contributed by atoms with E-state index >= 15 is 0 Å². The van der Waals surface area contributed by atoms with Crippen LogP contribution in [0, 0.1) is 6.92 Å². The van der Waals surface area contributed by atoms with E-state index in [1.165, 1.54) is 15.5 Å². The summed E-state index contributed by atoms with van der Waals surface area (Å²) in [5, 5.41) is 0. The van der Waals surface area contributed by atoms with E-state index in [1.54, 1.807) is 20.0 Å². The summed E-state index contributed by atoms with van der Waals surface area (Å²) >= 11 is 0. The van der Waals surface area contributed by atoms with Crippen LogP contribution < -0.4 is 10.3 Å². The SMILES string of the molecule is Cc1cc(OC2CCN(C(=O)c3ccc(C(F)(F)F)nc3)C2)cc(=O)n1C.